The normalized spacial score (nSPS) is 19.1. The third-order valence-electron chi connectivity index (χ3n) is 6.50. The summed E-state index contributed by atoms with van der Waals surface area (Å²) in [7, 11) is 4.07. The number of piperidine rings is 2. The summed E-state index contributed by atoms with van der Waals surface area (Å²) in [5.74, 6) is 0.155. The molecule has 1 N–H and O–H groups in total. The highest BCUT2D eigenvalue weighted by Crippen LogP contribution is 2.24. The molecule has 2 aromatic rings. The highest BCUT2D eigenvalue weighted by Gasteiger charge is 2.33. The lowest BCUT2D eigenvalue weighted by molar-refractivity contribution is -0.138. The molecule has 30 heavy (non-hydrogen) atoms. The molecule has 4 heterocycles. The van der Waals surface area contributed by atoms with Gasteiger partial charge in [-0.2, -0.15) is 5.10 Å². The second-order valence-corrected chi connectivity index (χ2v) is 8.45. The van der Waals surface area contributed by atoms with Gasteiger partial charge in [-0.1, -0.05) is 0 Å². The third-order valence-corrected chi connectivity index (χ3v) is 6.50. The van der Waals surface area contributed by atoms with E-state index < -0.39 is 0 Å². The van der Waals surface area contributed by atoms with Gasteiger partial charge in [0.25, 0.3) is 5.91 Å². The monoisotopic (exact) mass is 410 g/mol. The Hall–Kier alpha value is -2.74. The average Bonchev–Trinajstić information content (AvgIpc) is 3.29. The van der Waals surface area contributed by atoms with Gasteiger partial charge >= 0.3 is 0 Å². The van der Waals surface area contributed by atoms with Crippen molar-refractivity contribution in [2.75, 3.05) is 40.3 Å². The summed E-state index contributed by atoms with van der Waals surface area (Å²) in [4.78, 5) is 35.9. The number of nitrogens with zero attached hydrogens (tertiary/aromatic N) is 5. The molecule has 160 valence electrons. The van der Waals surface area contributed by atoms with Crippen LogP contribution < -0.4 is 0 Å². The number of rotatable bonds is 4. The van der Waals surface area contributed by atoms with Crippen LogP contribution in [0, 0.1) is 5.92 Å². The Morgan fingerprint density at radius 2 is 1.73 bits per heavy atom. The van der Waals surface area contributed by atoms with Crippen molar-refractivity contribution in [3.8, 4) is 11.3 Å². The molecule has 2 fully saturated rings. The van der Waals surface area contributed by atoms with E-state index in [2.05, 4.69) is 27.1 Å². The first-order chi connectivity index (χ1) is 14.5. The quantitative estimate of drug-likeness (QED) is 0.832. The van der Waals surface area contributed by atoms with Gasteiger partial charge in [-0.25, -0.2) is 0 Å². The third kappa shape index (κ3) is 4.38. The lowest BCUT2D eigenvalue weighted by Gasteiger charge is -2.38. The first kappa shape index (κ1) is 20.5. The van der Waals surface area contributed by atoms with Crippen LogP contribution in [0.3, 0.4) is 0 Å². The van der Waals surface area contributed by atoms with Gasteiger partial charge in [0.15, 0.2) is 5.69 Å². The molecule has 8 nitrogen and oxygen atoms in total. The molecule has 0 spiro atoms. The highest BCUT2D eigenvalue weighted by molar-refractivity contribution is 5.93. The van der Waals surface area contributed by atoms with Crippen molar-refractivity contribution in [2.24, 2.45) is 5.92 Å². The fraction of sp³-hybridized carbons (Fsp3) is 0.545. The summed E-state index contributed by atoms with van der Waals surface area (Å²) >= 11 is 0. The van der Waals surface area contributed by atoms with E-state index in [9.17, 15) is 9.59 Å². The molecule has 2 saturated heterocycles. The van der Waals surface area contributed by atoms with E-state index in [1.807, 2.05) is 29.0 Å². The molecule has 0 atom stereocenters. The van der Waals surface area contributed by atoms with Crippen LogP contribution in [0.4, 0.5) is 0 Å². The van der Waals surface area contributed by atoms with E-state index in [-0.39, 0.29) is 17.7 Å². The first-order valence-corrected chi connectivity index (χ1v) is 10.7. The summed E-state index contributed by atoms with van der Waals surface area (Å²) < 4.78 is 0. The molecular weight excluding hydrogens is 380 g/mol. The second kappa shape index (κ2) is 8.95. The Bertz CT molecular complexity index is 867. The van der Waals surface area contributed by atoms with Crippen LogP contribution >= 0.6 is 0 Å². The molecule has 0 saturated carbocycles. The van der Waals surface area contributed by atoms with Crippen molar-refractivity contribution in [1.82, 2.24) is 29.9 Å². The van der Waals surface area contributed by atoms with Crippen LogP contribution in [0.25, 0.3) is 11.3 Å². The van der Waals surface area contributed by atoms with E-state index in [4.69, 9.17) is 0 Å². The predicted octanol–water partition coefficient (Wildman–Crippen LogP) is 1.88. The van der Waals surface area contributed by atoms with E-state index in [0.29, 0.717) is 37.7 Å². The SMILES string of the molecule is CN1CCC(N(C)C(=O)C2CCN(C(=O)c3cc(-c4ccncc4)[nH]n3)CC2)CC1. The van der Waals surface area contributed by atoms with Gasteiger partial charge in [-0.15, -0.1) is 0 Å². The van der Waals surface area contributed by atoms with Crippen molar-refractivity contribution >= 4 is 11.8 Å². The predicted molar refractivity (Wildman–Crippen MR) is 114 cm³/mol. The number of aromatic nitrogens is 3. The van der Waals surface area contributed by atoms with Gasteiger partial charge in [0.2, 0.25) is 5.91 Å². The zero-order chi connectivity index (χ0) is 21.1. The van der Waals surface area contributed by atoms with Crippen LogP contribution in [0.2, 0.25) is 0 Å². The van der Waals surface area contributed by atoms with Crippen molar-refractivity contribution in [1.29, 1.82) is 0 Å². The maximum atomic E-state index is 13.0. The van der Waals surface area contributed by atoms with Crippen molar-refractivity contribution < 1.29 is 9.59 Å². The maximum absolute atomic E-state index is 13.0. The second-order valence-electron chi connectivity index (χ2n) is 8.45. The molecule has 2 aliphatic rings. The standard InChI is InChI=1S/C22H30N6O2/c1-26-11-7-18(8-12-26)27(2)21(29)17-5-13-28(14-6-17)22(30)20-15-19(24-25-20)16-3-9-23-10-4-16/h3-4,9-10,15,17-18H,5-8,11-14H2,1-2H3,(H,24,25). The van der Waals surface area contributed by atoms with Gasteiger partial charge in [-0.3, -0.25) is 19.7 Å². The van der Waals surface area contributed by atoms with Crippen LogP contribution in [0.1, 0.15) is 36.2 Å². The number of H-pyrrole nitrogens is 1. The maximum Gasteiger partial charge on any atom is 0.274 e. The molecule has 2 aliphatic heterocycles. The number of carbonyl (C=O) groups is 2. The molecule has 0 radical (unpaired) electrons. The van der Waals surface area contributed by atoms with Crippen LogP contribution in [-0.4, -0.2) is 88.0 Å². The number of nitrogens with one attached hydrogen (secondary N) is 1. The summed E-state index contributed by atoms with van der Waals surface area (Å²) in [6.45, 7) is 3.27. The Morgan fingerprint density at radius 3 is 2.40 bits per heavy atom. The summed E-state index contributed by atoms with van der Waals surface area (Å²) in [5, 5.41) is 7.14. The number of likely N-dealkylation sites (tertiary alicyclic amines) is 2. The van der Waals surface area contributed by atoms with Crippen LogP contribution in [0.5, 0.6) is 0 Å². The number of aromatic amines is 1. The fourth-order valence-electron chi connectivity index (χ4n) is 4.45. The number of hydrogen-bond donors (Lipinski definition) is 1. The molecule has 0 unspecified atom stereocenters. The van der Waals surface area contributed by atoms with Crippen LogP contribution in [-0.2, 0) is 4.79 Å². The van der Waals surface area contributed by atoms with E-state index >= 15 is 0 Å². The molecule has 4 rings (SSSR count). The average molecular weight is 411 g/mol. The number of amides is 2. The van der Waals surface area contributed by atoms with E-state index in [0.717, 1.165) is 37.2 Å². The Labute approximate surface area is 177 Å². The first-order valence-electron chi connectivity index (χ1n) is 10.7. The lowest BCUT2D eigenvalue weighted by Crippen LogP contribution is -2.49. The molecular formula is C22H30N6O2. The van der Waals surface area contributed by atoms with Gasteiger partial charge in [0.1, 0.15) is 0 Å². The zero-order valence-corrected chi connectivity index (χ0v) is 17.8. The van der Waals surface area contributed by atoms with E-state index in [1.165, 1.54) is 0 Å². The van der Waals surface area contributed by atoms with Gasteiger partial charge in [0, 0.05) is 50.1 Å². The Morgan fingerprint density at radius 1 is 1.07 bits per heavy atom. The summed E-state index contributed by atoms with van der Waals surface area (Å²) in [5.41, 5.74) is 2.15. The summed E-state index contributed by atoms with van der Waals surface area (Å²) in [6.07, 6.45) is 6.92. The van der Waals surface area contributed by atoms with Gasteiger partial charge < -0.3 is 14.7 Å². The topological polar surface area (TPSA) is 85.4 Å². The van der Waals surface area contributed by atoms with Crippen molar-refractivity contribution in [2.45, 2.75) is 31.7 Å². The van der Waals surface area contributed by atoms with Gasteiger partial charge in [0.05, 0.1) is 5.69 Å². The molecule has 8 heteroatoms. The molecule has 0 aromatic carbocycles. The Kier molecular flexibility index (Phi) is 6.13. The van der Waals surface area contributed by atoms with E-state index in [1.54, 1.807) is 18.5 Å². The van der Waals surface area contributed by atoms with Crippen molar-refractivity contribution in [3.63, 3.8) is 0 Å². The number of carbonyl (C=O) groups excluding carboxylic acids is 2. The Balaban J connectivity index is 1.31. The lowest BCUT2D eigenvalue weighted by atomic mass is 9.93. The highest BCUT2D eigenvalue weighted by atomic mass is 16.2. The molecule has 2 amide bonds. The van der Waals surface area contributed by atoms with Crippen LogP contribution in [0.15, 0.2) is 30.6 Å². The van der Waals surface area contributed by atoms with Crippen molar-refractivity contribution in [3.05, 3.63) is 36.3 Å². The summed E-state index contributed by atoms with van der Waals surface area (Å²) in [6, 6.07) is 5.87. The number of hydrogen-bond acceptors (Lipinski definition) is 5. The number of pyridine rings is 1. The minimum Gasteiger partial charge on any atom is -0.342 e. The molecule has 2 aromatic heterocycles. The minimum absolute atomic E-state index is 0.00488. The largest absolute Gasteiger partial charge is 0.342 e. The fourth-order valence-corrected chi connectivity index (χ4v) is 4.45. The molecule has 0 aliphatic carbocycles. The molecule has 0 bridgehead atoms. The zero-order valence-electron chi connectivity index (χ0n) is 17.8. The minimum atomic E-state index is -0.0823. The van der Waals surface area contributed by atoms with Gasteiger partial charge in [-0.05, 0) is 64.0 Å². The smallest absolute Gasteiger partial charge is 0.274 e.